The Morgan fingerprint density at radius 2 is 1.72 bits per heavy atom. The van der Waals surface area contributed by atoms with Gasteiger partial charge in [0.05, 0.1) is 5.02 Å². The molecule has 0 bridgehead atoms. The Bertz CT molecular complexity index is 990. The number of benzene rings is 2. The van der Waals surface area contributed by atoms with Crippen molar-refractivity contribution in [2.75, 3.05) is 0 Å². The summed E-state index contributed by atoms with van der Waals surface area (Å²) in [6, 6.07) is 11.0. The molecule has 3 nitrogen and oxygen atoms in total. The molecule has 0 aliphatic heterocycles. The minimum atomic E-state index is -0.242. The summed E-state index contributed by atoms with van der Waals surface area (Å²) in [6.45, 7) is 0.359. The molecular formula is C20H16Cl2O3. The van der Waals surface area contributed by atoms with Crippen molar-refractivity contribution in [1.29, 1.82) is 0 Å². The number of halogens is 2. The highest BCUT2D eigenvalue weighted by atomic mass is 35.5. The highest BCUT2D eigenvalue weighted by Gasteiger charge is 2.19. The van der Waals surface area contributed by atoms with Crippen molar-refractivity contribution in [3.63, 3.8) is 0 Å². The molecule has 0 fully saturated rings. The molecule has 4 rings (SSSR count). The fraction of sp³-hybridized carbons (Fsp3) is 0.250. The molecule has 128 valence electrons. The Balaban J connectivity index is 1.69. The maximum Gasteiger partial charge on any atom is 0.339 e. The summed E-state index contributed by atoms with van der Waals surface area (Å²) in [4.78, 5) is 12.2. The fourth-order valence-electron chi connectivity index (χ4n) is 3.30. The van der Waals surface area contributed by atoms with E-state index in [1.165, 1.54) is 0 Å². The van der Waals surface area contributed by atoms with E-state index in [4.69, 9.17) is 32.4 Å². The molecule has 1 aromatic heterocycles. The second kappa shape index (κ2) is 6.74. The van der Waals surface area contributed by atoms with E-state index in [0.29, 0.717) is 28.0 Å². The first-order chi connectivity index (χ1) is 12.1. The van der Waals surface area contributed by atoms with Crippen LogP contribution in [0.15, 0.2) is 45.6 Å². The molecule has 0 saturated heterocycles. The summed E-state index contributed by atoms with van der Waals surface area (Å²) >= 11 is 12.3. The van der Waals surface area contributed by atoms with Crippen molar-refractivity contribution in [3.05, 3.63) is 73.6 Å². The van der Waals surface area contributed by atoms with E-state index >= 15 is 0 Å². The lowest BCUT2D eigenvalue weighted by Gasteiger charge is -2.17. The van der Waals surface area contributed by atoms with Crippen molar-refractivity contribution < 1.29 is 9.15 Å². The van der Waals surface area contributed by atoms with Gasteiger partial charge in [-0.3, -0.25) is 0 Å². The van der Waals surface area contributed by atoms with Gasteiger partial charge in [0, 0.05) is 22.0 Å². The van der Waals surface area contributed by atoms with Crippen LogP contribution in [0.1, 0.15) is 29.5 Å². The lowest BCUT2D eigenvalue weighted by atomic mass is 9.91. The van der Waals surface area contributed by atoms with Crippen molar-refractivity contribution in [1.82, 2.24) is 0 Å². The maximum atomic E-state index is 12.2. The molecule has 1 heterocycles. The Hall–Kier alpha value is -1.97. The lowest BCUT2D eigenvalue weighted by molar-refractivity contribution is 0.306. The topological polar surface area (TPSA) is 39.4 Å². The molecule has 1 aliphatic rings. The number of aryl methyl sites for hydroxylation is 1. The van der Waals surface area contributed by atoms with Gasteiger partial charge < -0.3 is 9.15 Å². The smallest absolute Gasteiger partial charge is 0.339 e. The lowest BCUT2D eigenvalue weighted by Crippen LogP contribution is -2.15. The Morgan fingerprint density at radius 3 is 2.48 bits per heavy atom. The SMILES string of the molecule is O=c1oc2cc(OCc3ccc(Cl)cc3)c(Cl)cc2c2c1CCCC2. The van der Waals surface area contributed by atoms with Gasteiger partial charge in [0.2, 0.25) is 0 Å². The van der Waals surface area contributed by atoms with Crippen molar-refractivity contribution >= 4 is 34.2 Å². The van der Waals surface area contributed by atoms with Gasteiger partial charge in [-0.1, -0.05) is 35.3 Å². The number of ether oxygens (including phenoxy) is 1. The molecule has 1 aliphatic carbocycles. The molecule has 0 saturated carbocycles. The van der Waals surface area contributed by atoms with Crippen LogP contribution in [0.25, 0.3) is 11.0 Å². The Morgan fingerprint density at radius 1 is 1.00 bits per heavy atom. The van der Waals surface area contributed by atoms with E-state index in [0.717, 1.165) is 47.8 Å². The van der Waals surface area contributed by atoms with Gasteiger partial charge in [0.1, 0.15) is 17.9 Å². The zero-order valence-corrected chi connectivity index (χ0v) is 15.0. The second-order valence-electron chi connectivity index (χ2n) is 6.25. The van der Waals surface area contributed by atoms with Crippen LogP contribution < -0.4 is 10.4 Å². The summed E-state index contributed by atoms with van der Waals surface area (Å²) in [6.07, 6.45) is 3.77. The van der Waals surface area contributed by atoms with Crippen molar-refractivity contribution in [3.8, 4) is 5.75 Å². The minimum Gasteiger partial charge on any atom is -0.487 e. The normalized spacial score (nSPS) is 13.7. The Labute approximate surface area is 155 Å². The standard InChI is InChI=1S/C20H16Cl2O3/c21-13-7-5-12(6-8-13)11-24-19-10-18-16(9-17(19)22)14-3-1-2-4-15(14)20(23)25-18/h5-10H,1-4,11H2. The molecule has 0 N–H and O–H groups in total. The van der Waals surface area contributed by atoms with Gasteiger partial charge in [0.15, 0.2) is 0 Å². The van der Waals surface area contributed by atoms with Crippen LogP contribution in [0.3, 0.4) is 0 Å². The monoisotopic (exact) mass is 374 g/mol. The third-order valence-electron chi connectivity index (χ3n) is 4.58. The average Bonchev–Trinajstić information content (AvgIpc) is 2.62. The summed E-state index contributed by atoms with van der Waals surface area (Å²) in [5.74, 6) is 0.503. The summed E-state index contributed by atoms with van der Waals surface area (Å²) in [5.41, 5.74) is 3.13. The van der Waals surface area contributed by atoms with Crippen molar-refractivity contribution in [2.45, 2.75) is 32.3 Å². The summed E-state index contributed by atoms with van der Waals surface area (Å²) in [5, 5.41) is 2.11. The van der Waals surface area contributed by atoms with Gasteiger partial charge in [0.25, 0.3) is 0 Å². The van der Waals surface area contributed by atoms with Crippen LogP contribution >= 0.6 is 23.2 Å². The fourth-order valence-corrected chi connectivity index (χ4v) is 3.64. The number of rotatable bonds is 3. The summed E-state index contributed by atoms with van der Waals surface area (Å²) < 4.78 is 11.3. The largest absolute Gasteiger partial charge is 0.487 e. The van der Waals surface area contributed by atoms with Crippen LogP contribution in [0.4, 0.5) is 0 Å². The van der Waals surface area contributed by atoms with E-state index in [9.17, 15) is 4.79 Å². The van der Waals surface area contributed by atoms with Crippen molar-refractivity contribution in [2.24, 2.45) is 0 Å². The highest BCUT2D eigenvalue weighted by Crippen LogP contribution is 2.34. The third-order valence-corrected chi connectivity index (χ3v) is 5.13. The highest BCUT2D eigenvalue weighted by molar-refractivity contribution is 6.32. The average molecular weight is 375 g/mol. The maximum absolute atomic E-state index is 12.2. The first-order valence-corrected chi connectivity index (χ1v) is 9.03. The molecule has 25 heavy (non-hydrogen) atoms. The van der Waals surface area contributed by atoms with E-state index < -0.39 is 0 Å². The van der Waals surface area contributed by atoms with Gasteiger partial charge in [-0.15, -0.1) is 0 Å². The van der Waals surface area contributed by atoms with E-state index in [2.05, 4.69) is 0 Å². The zero-order valence-electron chi connectivity index (χ0n) is 13.5. The third kappa shape index (κ3) is 3.26. The van der Waals surface area contributed by atoms with E-state index in [1.54, 1.807) is 6.07 Å². The number of hydrogen-bond acceptors (Lipinski definition) is 3. The molecule has 2 aromatic carbocycles. The first-order valence-electron chi connectivity index (χ1n) is 8.27. The van der Waals surface area contributed by atoms with Gasteiger partial charge in [-0.05, 0) is 55.0 Å². The predicted octanol–water partition coefficient (Wildman–Crippen LogP) is 5.56. The molecule has 0 atom stereocenters. The minimum absolute atomic E-state index is 0.242. The van der Waals surface area contributed by atoms with Crippen LogP contribution in [-0.4, -0.2) is 0 Å². The molecular weight excluding hydrogens is 359 g/mol. The molecule has 0 amide bonds. The van der Waals surface area contributed by atoms with E-state index in [-0.39, 0.29) is 5.63 Å². The second-order valence-corrected chi connectivity index (χ2v) is 7.09. The van der Waals surface area contributed by atoms with Crippen LogP contribution in [0.5, 0.6) is 5.75 Å². The van der Waals surface area contributed by atoms with Crippen LogP contribution in [-0.2, 0) is 19.4 Å². The van der Waals surface area contributed by atoms with Crippen LogP contribution in [0, 0.1) is 0 Å². The van der Waals surface area contributed by atoms with Crippen LogP contribution in [0.2, 0.25) is 10.0 Å². The zero-order chi connectivity index (χ0) is 17.4. The number of fused-ring (bicyclic) bond motifs is 3. The van der Waals surface area contributed by atoms with Gasteiger partial charge in [-0.25, -0.2) is 4.79 Å². The molecule has 0 unspecified atom stereocenters. The summed E-state index contributed by atoms with van der Waals surface area (Å²) in [7, 11) is 0. The molecule has 0 spiro atoms. The predicted molar refractivity (Wildman–Crippen MR) is 99.9 cm³/mol. The quantitative estimate of drug-likeness (QED) is 0.563. The Kier molecular flexibility index (Phi) is 4.45. The first kappa shape index (κ1) is 16.5. The van der Waals surface area contributed by atoms with Gasteiger partial charge in [-0.2, -0.15) is 0 Å². The molecule has 3 aromatic rings. The molecule has 5 heteroatoms. The number of hydrogen-bond donors (Lipinski definition) is 0. The van der Waals surface area contributed by atoms with Gasteiger partial charge >= 0.3 is 5.63 Å². The van der Waals surface area contributed by atoms with E-state index in [1.807, 2.05) is 30.3 Å². The molecule has 0 radical (unpaired) electrons.